The molecule has 0 spiro atoms. The van der Waals surface area contributed by atoms with Gasteiger partial charge >= 0.3 is 0 Å². The fraction of sp³-hybridized carbons (Fsp3) is 0.625. The van der Waals surface area contributed by atoms with Crippen molar-refractivity contribution in [2.45, 2.75) is 25.7 Å². The first-order valence-corrected chi connectivity index (χ1v) is 3.87. The Morgan fingerprint density at radius 1 is 1.20 bits per heavy atom. The van der Waals surface area contributed by atoms with Crippen LogP contribution in [0.25, 0.3) is 0 Å². The van der Waals surface area contributed by atoms with Gasteiger partial charge in [-0.1, -0.05) is 5.57 Å². The summed E-state index contributed by atoms with van der Waals surface area (Å²) in [6, 6.07) is 0. The highest BCUT2D eigenvalue weighted by Crippen LogP contribution is 2.29. The minimum atomic E-state index is 0.193. The molecule has 1 aliphatic carbocycles. The van der Waals surface area contributed by atoms with Crippen molar-refractivity contribution in [3.63, 3.8) is 0 Å². The lowest BCUT2D eigenvalue weighted by atomic mass is 10.0. The van der Waals surface area contributed by atoms with Crippen molar-refractivity contribution >= 4 is 5.91 Å². The minimum absolute atomic E-state index is 0.193. The molecular weight excluding hydrogens is 126 g/mol. The summed E-state index contributed by atoms with van der Waals surface area (Å²) in [6.07, 6.45) is 4.48. The molecule has 0 aromatic rings. The standard InChI is InChI=1S/C8H11NO/c10-8-7-3-1-2-6(7)4-5-9-8/h1-5H2,(H,9,10). The van der Waals surface area contributed by atoms with E-state index in [1.54, 1.807) is 0 Å². The smallest absolute Gasteiger partial charge is 0.247 e. The number of rotatable bonds is 0. The van der Waals surface area contributed by atoms with Crippen molar-refractivity contribution in [1.82, 2.24) is 5.32 Å². The van der Waals surface area contributed by atoms with Crippen molar-refractivity contribution < 1.29 is 4.79 Å². The van der Waals surface area contributed by atoms with Gasteiger partial charge in [0.2, 0.25) is 5.91 Å². The monoisotopic (exact) mass is 137 g/mol. The summed E-state index contributed by atoms with van der Waals surface area (Å²) in [5.41, 5.74) is 2.51. The Kier molecular flexibility index (Phi) is 1.26. The molecule has 0 aromatic carbocycles. The van der Waals surface area contributed by atoms with E-state index in [-0.39, 0.29) is 5.91 Å². The van der Waals surface area contributed by atoms with Crippen molar-refractivity contribution in [2.75, 3.05) is 6.54 Å². The largest absolute Gasteiger partial charge is 0.352 e. The van der Waals surface area contributed by atoms with E-state index in [0.29, 0.717) is 0 Å². The molecule has 2 heteroatoms. The van der Waals surface area contributed by atoms with E-state index in [4.69, 9.17) is 0 Å². The first-order valence-electron chi connectivity index (χ1n) is 3.87. The maximum absolute atomic E-state index is 11.1. The van der Waals surface area contributed by atoms with E-state index in [9.17, 15) is 4.79 Å². The third-order valence-corrected chi connectivity index (χ3v) is 2.32. The predicted octanol–water partition coefficient (Wildman–Crippen LogP) is 0.987. The highest BCUT2D eigenvalue weighted by Gasteiger charge is 2.23. The van der Waals surface area contributed by atoms with Crippen LogP contribution in [0.2, 0.25) is 0 Å². The van der Waals surface area contributed by atoms with Crippen molar-refractivity contribution in [3.8, 4) is 0 Å². The van der Waals surface area contributed by atoms with Crippen LogP contribution in [0.1, 0.15) is 25.7 Å². The summed E-state index contributed by atoms with van der Waals surface area (Å²) >= 11 is 0. The zero-order chi connectivity index (χ0) is 6.97. The topological polar surface area (TPSA) is 29.1 Å². The van der Waals surface area contributed by atoms with Gasteiger partial charge in [0.15, 0.2) is 0 Å². The van der Waals surface area contributed by atoms with Crippen LogP contribution in [0, 0.1) is 0 Å². The third-order valence-electron chi connectivity index (χ3n) is 2.32. The molecule has 1 amide bonds. The Labute approximate surface area is 60.3 Å². The molecule has 2 rings (SSSR count). The van der Waals surface area contributed by atoms with E-state index in [1.165, 1.54) is 18.4 Å². The first-order chi connectivity index (χ1) is 4.88. The molecule has 1 heterocycles. The van der Waals surface area contributed by atoms with Gasteiger partial charge in [0.1, 0.15) is 0 Å². The molecule has 0 unspecified atom stereocenters. The predicted molar refractivity (Wildman–Crippen MR) is 38.5 cm³/mol. The molecule has 0 atom stereocenters. The van der Waals surface area contributed by atoms with Gasteiger partial charge in [-0.25, -0.2) is 0 Å². The van der Waals surface area contributed by atoms with Crippen LogP contribution >= 0.6 is 0 Å². The van der Waals surface area contributed by atoms with E-state index in [1.807, 2.05) is 0 Å². The summed E-state index contributed by atoms with van der Waals surface area (Å²) in [5, 5.41) is 2.86. The van der Waals surface area contributed by atoms with Gasteiger partial charge in [0.25, 0.3) is 0 Å². The zero-order valence-electron chi connectivity index (χ0n) is 5.94. The maximum atomic E-state index is 11.1. The average molecular weight is 137 g/mol. The summed E-state index contributed by atoms with van der Waals surface area (Å²) in [5.74, 6) is 0.193. The maximum Gasteiger partial charge on any atom is 0.247 e. The lowest BCUT2D eigenvalue weighted by Crippen LogP contribution is -2.30. The van der Waals surface area contributed by atoms with Crippen molar-refractivity contribution in [3.05, 3.63) is 11.1 Å². The zero-order valence-corrected chi connectivity index (χ0v) is 5.94. The molecule has 1 aliphatic heterocycles. The van der Waals surface area contributed by atoms with Crippen molar-refractivity contribution in [2.24, 2.45) is 0 Å². The van der Waals surface area contributed by atoms with E-state index in [0.717, 1.165) is 25.0 Å². The summed E-state index contributed by atoms with van der Waals surface area (Å²) in [6.45, 7) is 0.859. The van der Waals surface area contributed by atoms with E-state index in [2.05, 4.69) is 5.32 Å². The molecule has 0 aromatic heterocycles. The summed E-state index contributed by atoms with van der Waals surface area (Å²) < 4.78 is 0. The van der Waals surface area contributed by atoms with E-state index < -0.39 is 0 Å². The van der Waals surface area contributed by atoms with Crippen molar-refractivity contribution in [1.29, 1.82) is 0 Å². The quantitative estimate of drug-likeness (QED) is 0.530. The van der Waals surface area contributed by atoms with Gasteiger partial charge in [0, 0.05) is 12.1 Å². The fourth-order valence-electron chi connectivity index (χ4n) is 1.79. The molecule has 1 N–H and O–H groups in total. The van der Waals surface area contributed by atoms with Crippen LogP contribution in [-0.4, -0.2) is 12.5 Å². The Bertz CT molecular complexity index is 205. The number of hydrogen-bond donors (Lipinski definition) is 1. The average Bonchev–Trinajstić information content (AvgIpc) is 2.36. The first kappa shape index (κ1) is 5.96. The second-order valence-corrected chi connectivity index (χ2v) is 2.94. The number of carbonyl (C=O) groups is 1. The molecule has 2 aliphatic rings. The molecule has 2 nitrogen and oxygen atoms in total. The molecule has 10 heavy (non-hydrogen) atoms. The molecule has 0 bridgehead atoms. The van der Waals surface area contributed by atoms with E-state index >= 15 is 0 Å². The summed E-state index contributed by atoms with van der Waals surface area (Å²) in [7, 11) is 0. The van der Waals surface area contributed by atoms with Gasteiger partial charge in [-0.2, -0.15) is 0 Å². The second-order valence-electron chi connectivity index (χ2n) is 2.94. The second kappa shape index (κ2) is 2.11. The van der Waals surface area contributed by atoms with Crippen LogP contribution in [0.15, 0.2) is 11.1 Å². The third kappa shape index (κ3) is 0.753. The highest BCUT2D eigenvalue weighted by molar-refractivity contribution is 5.95. The Morgan fingerprint density at radius 3 is 2.90 bits per heavy atom. The fourth-order valence-corrected chi connectivity index (χ4v) is 1.79. The van der Waals surface area contributed by atoms with Gasteiger partial charge in [0.05, 0.1) is 0 Å². The summed E-state index contributed by atoms with van der Waals surface area (Å²) in [4.78, 5) is 11.1. The highest BCUT2D eigenvalue weighted by atomic mass is 16.1. The van der Waals surface area contributed by atoms with Crippen LogP contribution in [0.3, 0.4) is 0 Å². The van der Waals surface area contributed by atoms with Crippen LogP contribution in [0.5, 0.6) is 0 Å². The number of amides is 1. The van der Waals surface area contributed by atoms with Crippen LogP contribution in [0.4, 0.5) is 0 Å². The molecule has 0 fully saturated rings. The van der Waals surface area contributed by atoms with Gasteiger partial charge < -0.3 is 5.32 Å². The minimum Gasteiger partial charge on any atom is -0.352 e. The van der Waals surface area contributed by atoms with Crippen LogP contribution in [-0.2, 0) is 4.79 Å². The Morgan fingerprint density at radius 2 is 2.10 bits per heavy atom. The number of carbonyl (C=O) groups excluding carboxylic acids is 1. The number of nitrogens with one attached hydrogen (secondary N) is 1. The molecule has 54 valence electrons. The van der Waals surface area contributed by atoms with Gasteiger partial charge in [-0.3, -0.25) is 4.79 Å². The molecule has 0 saturated heterocycles. The molecule has 0 radical (unpaired) electrons. The normalized spacial score (nSPS) is 24.6. The van der Waals surface area contributed by atoms with Gasteiger partial charge in [-0.05, 0) is 25.7 Å². The van der Waals surface area contributed by atoms with Gasteiger partial charge in [-0.15, -0.1) is 0 Å². The number of hydrogen-bond acceptors (Lipinski definition) is 1. The SMILES string of the molecule is O=C1NCCC2=C1CCC2. The lowest BCUT2D eigenvalue weighted by molar-refractivity contribution is -0.117. The lowest BCUT2D eigenvalue weighted by Gasteiger charge is -2.13. The molecular formula is C8H11NO. The Balaban J connectivity index is 2.31. The van der Waals surface area contributed by atoms with Crippen LogP contribution < -0.4 is 5.32 Å². The Hall–Kier alpha value is -0.790. The molecule has 0 saturated carbocycles.